The number of aliphatic hydroxyl groups is 3. The van der Waals surface area contributed by atoms with Crippen molar-refractivity contribution in [3.05, 3.63) is 69.5 Å². The number of aliphatic hydroxyl groups excluding tert-OH is 2. The molecule has 1 amide bonds. The number of ketones is 2. The number of ether oxygens (including phenoxy) is 1. The van der Waals surface area contributed by atoms with Crippen LogP contribution in [0.5, 0.6) is 11.5 Å². The van der Waals surface area contributed by atoms with E-state index in [1.54, 1.807) is 21.2 Å². The van der Waals surface area contributed by atoms with E-state index in [0.717, 1.165) is 17.0 Å². The van der Waals surface area contributed by atoms with E-state index in [2.05, 4.69) is 5.32 Å². The van der Waals surface area contributed by atoms with E-state index in [-0.39, 0.29) is 36.3 Å². The SMILES string of the molecule is COc1ccc(CNCc2cc(N(C)C)c3c(c2O)C(O)=C2C(=O)[C@]4(O)C(O)=C(C(N)=O)C(=O)[C@@H](N(C)C)[C@@H]4C[C@@H]2C3)cc1. The third-order valence-electron chi connectivity index (χ3n) is 9.06. The number of fused-ring (bicyclic) bond motifs is 3. The fraction of sp³-hybridized carbons (Fsp3) is 0.406. The van der Waals surface area contributed by atoms with Crippen LogP contribution in [-0.2, 0) is 33.9 Å². The van der Waals surface area contributed by atoms with Crippen molar-refractivity contribution in [1.29, 1.82) is 0 Å². The number of nitrogens with zero attached hydrogens (tertiary/aromatic N) is 2. The lowest BCUT2D eigenvalue weighted by Gasteiger charge is -2.50. The number of likely N-dealkylation sites (N-methyl/N-ethyl adjacent to an activating group) is 1. The number of aromatic hydroxyl groups is 1. The number of carbonyl (C=O) groups excluding carboxylic acids is 3. The quantitative estimate of drug-likeness (QED) is 0.238. The summed E-state index contributed by atoms with van der Waals surface area (Å²) in [6.07, 6.45) is 0.250. The Bertz CT molecular complexity index is 1610. The number of phenols is 1. The molecule has 1 saturated carbocycles. The van der Waals surface area contributed by atoms with Crippen molar-refractivity contribution in [2.24, 2.45) is 17.6 Å². The summed E-state index contributed by atoms with van der Waals surface area (Å²) in [4.78, 5) is 42.9. The van der Waals surface area contributed by atoms with Crippen molar-refractivity contribution in [2.45, 2.75) is 37.6 Å². The zero-order valence-electron chi connectivity index (χ0n) is 25.3. The van der Waals surface area contributed by atoms with Crippen LogP contribution in [-0.4, -0.2) is 89.7 Å². The molecule has 7 N–H and O–H groups in total. The van der Waals surface area contributed by atoms with Crippen LogP contribution in [0.3, 0.4) is 0 Å². The molecule has 0 bridgehead atoms. The number of carbonyl (C=O) groups is 3. The molecule has 1 fully saturated rings. The summed E-state index contributed by atoms with van der Waals surface area (Å²) in [5.41, 5.74) is 4.56. The Hall–Kier alpha value is -4.39. The minimum absolute atomic E-state index is 0.0323. The molecule has 3 aliphatic carbocycles. The fourth-order valence-electron chi connectivity index (χ4n) is 6.96. The Morgan fingerprint density at radius 1 is 1.09 bits per heavy atom. The van der Waals surface area contributed by atoms with Crippen LogP contribution in [0.25, 0.3) is 5.76 Å². The molecule has 12 nitrogen and oxygen atoms in total. The molecule has 0 aliphatic heterocycles. The van der Waals surface area contributed by atoms with Crippen LogP contribution >= 0.6 is 0 Å². The average molecular weight is 607 g/mol. The summed E-state index contributed by atoms with van der Waals surface area (Å²) in [5.74, 6) is -5.97. The average Bonchev–Trinajstić information content (AvgIpc) is 2.96. The maximum absolute atomic E-state index is 14.1. The van der Waals surface area contributed by atoms with Gasteiger partial charge in [-0.2, -0.15) is 0 Å². The van der Waals surface area contributed by atoms with Crippen LogP contribution in [0.2, 0.25) is 0 Å². The molecule has 0 unspecified atom stereocenters. The Balaban J connectivity index is 1.58. The molecule has 0 aromatic heterocycles. The second-order valence-electron chi connectivity index (χ2n) is 12.1. The first-order chi connectivity index (χ1) is 20.7. The minimum atomic E-state index is -2.68. The second kappa shape index (κ2) is 11.3. The van der Waals surface area contributed by atoms with E-state index in [1.165, 1.54) is 4.90 Å². The first-order valence-electron chi connectivity index (χ1n) is 14.3. The number of nitrogens with one attached hydrogen (secondary N) is 1. The van der Waals surface area contributed by atoms with Crippen molar-refractivity contribution in [3.8, 4) is 11.5 Å². The van der Waals surface area contributed by atoms with E-state index in [1.807, 2.05) is 49.3 Å². The van der Waals surface area contributed by atoms with Gasteiger partial charge in [0, 0.05) is 49.9 Å². The zero-order chi connectivity index (χ0) is 32.2. The number of methoxy groups -OCH3 is 1. The first-order valence-corrected chi connectivity index (χ1v) is 14.3. The van der Waals surface area contributed by atoms with Gasteiger partial charge >= 0.3 is 0 Å². The maximum atomic E-state index is 14.1. The number of rotatable bonds is 8. The normalized spacial score (nSPS) is 24.7. The van der Waals surface area contributed by atoms with Gasteiger partial charge in [-0.25, -0.2) is 0 Å². The number of anilines is 1. The lowest BCUT2D eigenvalue weighted by Crippen LogP contribution is -2.65. The van der Waals surface area contributed by atoms with Crippen LogP contribution < -0.4 is 20.7 Å². The molecule has 5 rings (SSSR count). The van der Waals surface area contributed by atoms with E-state index in [9.17, 15) is 34.8 Å². The molecular formula is C32H38N4O8. The number of nitrogens with two attached hydrogens (primary N) is 1. The Labute approximate surface area is 255 Å². The van der Waals surface area contributed by atoms with Crippen molar-refractivity contribution in [2.75, 3.05) is 40.2 Å². The third kappa shape index (κ3) is 4.70. The topological polar surface area (TPSA) is 186 Å². The molecular weight excluding hydrogens is 568 g/mol. The Morgan fingerprint density at radius 3 is 2.32 bits per heavy atom. The number of Topliss-reactive ketones (excluding diaryl/α,β-unsaturated/α-hetero) is 2. The van der Waals surface area contributed by atoms with Gasteiger partial charge < -0.3 is 41.1 Å². The monoisotopic (exact) mass is 606 g/mol. The summed E-state index contributed by atoms with van der Waals surface area (Å²) in [6.45, 7) is 0.718. The highest BCUT2D eigenvalue weighted by atomic mass is 16.5. The molecule has 0 spiro atoms. The Kier molecular flexibility index (Phi) is 7.95. The molecule has 44 heavy (non-hydrogen) atoms. The summed E-state index contributed by atoms with van der Waals surface area (Å²) in [7, 11) is 8.39. The number of benzene rings is 2. The zero-order valence-corrected chi connectivity index (χ0v) is 25.3. The van der Waals surface area contributed by atoms with Gasteiger partial charge in [0.1, 0.15) is 28.6 Å². The number of hydrogen-bond donors (Lipinski definition) is 6. The van der Waals surface area contributed by atoms with Crippen LogP contribution in [0.4, 0.5) is 5.69 Å². The van der Waals surface area contributed by atoms with Gasteiger partial charge in [-0.05, 0) is 62.2 Å². The highest BCUT2D eigenvalue weighted by Crippen LogP contribution is 2.54. The van der Waals surface area contributed by atoms with E-state index in [0.29, 0.717) is 17.7 Å². The summed E-state index contributed by atoms with van der Waals surface area (Å²) < 4.78 is 5.20. The van der Waals surface area contributed by atoms with Gasteiger partial charge in [-0.3, -0.25) is 19.3 Å². The van der Waals surface area contributed by atoms with Crippen LogP contribution in [0.15, 0.2) is 47.2 Å². The Morgan fingerprint density at radius 2 is 1.75 bits per heavy atom. The highest BCUT2D eigenvalue weighted by Gasteiger charge is 2.64. The molecule has 12 heteroatoms. The number of amides is 1. The third-order valence-corrected chi connectivity index (χ3v) is 9.06. The second-order valence-corrected chi connectivity index (χ2v) is 12.1. The van der Waals surface area contributed by atoms with Crippen molar-refractivity contribution >= 4 is 28.9 Å². The maximum Gasteiger partial charge on any atom is 0.255 e. The van der Waals surface area contributed by atoms with Crippen molar-refractivity contribution in [3.63, 3.8) is 0 Å². The molecule has 2 aromatic carbocycles. The number of hydrogen-bond acceptors (Lipinski definition) is 11. The predicted octanol–water partition coefficient (Wildman–Crippen LogP) is 1.33. The van der Waals surface area contributed by atoms with Gasteiger partial charge in [0.15, 0.2) is 11.4 Å². The molecule has 0 saturated heterocycles. The largest absolute Gasteiger partial charge is 0.508 e. The van der Waals surface area contributed by atoms with E-state index >= 15 is 0 Å². The predicted molar refractivity (Wildman–Crippen MR) is 162 cm³/mol. The molecule has 0 heterocycles. The van der Waals surface area contributed by atoms with Crippen molar-refractivity contribution in [1.82, 2.24) is 10.2 Å². The van der Waals surface area contributed by atoms with Crippen molar-refractivity contribution < 1.29 is 39.5 Å². The number of phenolic OH excluding ortho intramolecular Hbond substituents is 1. The van der Waals surface area contributed by atoms with Gasteiger partial charge in [-0.15, -0.1) is 0 Å². The van der Waals surface area contributed by atoms with Gasteiger partial charge in [0.25, 0.3) is 5.91 Å². The van der Waals surface area contributed by atoms with Gasteiger partial charge in [0.05, 0.1) is 18.7 Å². The minimum Gasteiger partial charge on any atom is -0.508 e. The van der Waals surface area contributed by atoms with Gasteiger partial charge in [-0.1, -0.05) is 12.1 Å². The molecule has 3 aliphatic rings. The highest BCUT2D eigenvalue weighted by molar-refractivity contribution is 6.24. The van der Waals surface area contributed by atoms with Crippen LogP contribution in [0.1, 0.15) is 28.7 Å². The number of primary amides is 1. The summed E-state index contributed by atoms with van der Waals surface area (Å²) >= 11 is 0. The standard InChI is InChI=1S/C32H38N4O8/c1-35(2)21-12-17(14-34-13-15-6-8-18(44-5)9-7-15)26(37)23-19(21)10-16-11-20-25(36(3)4)28(39)24(31(33)42)30(41)32(20,43)29(40)22(16)27(23)38/h6-9,12,16,20,25,34,37-38,41,43H,10-11,13-14H2,1-5H3,(H2,33,42)/t16-,20-,25-,32-/m0/s1. The first kappa shape index (κ1) is 31.0. The fourth-order valence-corrected chi connectivity index (χ4v) is 6.96. The smallest absolute Gasteiger partial charge is 0.255 e. The van der Waals surface area contributed by atoms with Crippen LogP contribution in [0, 0.1) is 11.8 Å². The molecule has 0 radical (unpaired) electrons. The summed E-state index contributed by atoms with van der Waals surface area (Å²) in [5, 5.41) is 49.3. The molecule has 234 valence electrons. The molecule has 2 aromatic rings. The van der Waals surface area contributed by atoms with E-state index < -0.39 is 58.0 Å². The molecule has 4 atom stereocenters. The lowest BCUT2D eigenvalue weighted by atomic mass is 9.57. The summed E-state index contributed by atoms with van der Waals surface area (Å²) in [6, 6.07) is 8.23. The van der Waals surface area contributed by atoms with Gasteiger partial charge in [0.2, 0.25) is 5.78 Å². The lowest BCUT2D eigenvalue weighted by molar-refractivity contribution is -0.153. The van der Waals surface area contributed by atoms with E-state index in [4.69, 9.17) is 10.5 Å².